The third kappa shape index (κ3) is 4.48. The van der Waals surface area contributed by atoms with E-state index < -0.39 is 0 Å². The molecule has 2 aromatic heterocycles. The zero-order valence-corrected chi connectivity index (χ0v) is 13.1. The number of nitrogens with one attached hydrogen (secondary N) is 1. The van der Waals surface area contributed by atoms with Crippen molar-refractivity contribution in [2.75, 3.05) is 24.5 Å². The number of carbonyl (C=O) groups excluding carboxylic acids is 1. The van der Waals surface area contributed by atoms with Crippen LogP contribution in [0.3, 0.4) is 0 Å². The largest absolute Gasteiger partial charge is 0.355 e. The molecule has 6 nitrogen and oxygen atoms in total. The molecule has 120 valence electrons. The topological polar surface area (TPSA) is 71.0 Å². The standard InChI is InChI=1S/C17H21N5O/c23-16(10-14-4-1-6-18-11-14)21-12-15-5-2-9-22(13-15)17-19-7-3-8-20-17/h1,3-4,6-8,11,15H,2,5,9-10,12-13H2,(H,21,23)/t15-/m1/s1. The zero-order chi connectivity index (χ0) is 15.9. The summed E-state index contributed by atoms with van der Waals surface area (Å²) in [6.45, 7) is 2.56. The maximum atomic E-state index is 12.0. The third-order valence-corrected chi connectivity index (χ3v) is 4.03. The van der Waals surface area contributed by atoms with Crippen molar-refractivity contribution in [3.8, 4) is 0 Å². The van der Waals surface area contributed by atoms with Gasteiger partial charge in [0.2, 0.25) is 11.9 Å². The van der Waals surface area contributed by atoms with E-state index in [-0.39, 0.29) is 5.91 Å². The van der Waals surface area contributed by atoms with E-state index >= 15 is 0 Å². The maximum absolute atomic E-state index is 12.0. The number of anilines is 1. The molecule has 1 aliphatic rings. The number of pyridine rings is 1. The van der Waals surface area contributed by atoms with Crippen LogP contribution in [0.25, 0.3) is 0 Å². The lowest BCUT2D eigenvalue weighted by Crippen LogP contribution is -2.41. The van der Waals surface area contributed by atoms with E-state index in [0.29, 0.717) is 18.9 Å². The van der Waals surface area contributed by atoms with Crippen molar-refractivity contribution >= 4 is 11.9 Å². The first kappa shape index (κ1) is 15.4. The minimum Gasteiger partial charge on any atom is -0.355 e. The molecule has 23 heavy (non-hydrogen) atoms. The molecule has 0 radical (unpaired) electrons. The van der Waals surface area contributed by atoms with E-state index in [9.17, 15) is 4.79 Å². The van der Waals surface area contributed by atoms with Gasteiger partial charge in [-0.05, 0) is 36.5 Å². The Kier molecular flexibility index (Phi) is 5.13. The molecule has 1 saturated heterocycles. The summed E-state index contributed by atoms with van der Waals surface area (Å²) < 4.78 is 0. The van der Waals surface area contributed by atoms with Gasteiger partial charge in [-0.3, -0.25) is 9.78 Å². The molecule has 3 rings (SSSR count). The van der Waals surface area contributed by atoms with E-state index in [2.05, 4.69) is 25.2 Å². The molecule has 3 heterocycles. The SMILES string of the molecule is O=C(Cc1cccnc1)NC[C@H]1CCCN(c2ncccn2)C1. The molecule has 1 aliphatic heterocycles. The molecule has 1 N–H and O–H groups in total. The molecule has 2 aromatic rings. The summed E-state index contributed by atoms with van der Waals surface area (Å²) in [4.78, 5) is 26.9. The van der Waals surface area contributed by atoms with Crippen molar-refractivity contribution in [1.82, 2.24) is 20.3 Å². The third-order valence-electron chi connectivity index (χ3n) is 4.03. The van der Waals surface area contributed by atoms with Crippen LogP contribution in [-0.2, 0) is 11.2 Å². The highest BCUT2D eigenvalue weighted by Gasteiger charge is 2.21. The highest BCUT2D eigenvalue weighted by atomic mass is 16.1. The minimum absolute atomic E-state index is 0.0473. The van der Waals surface area contributed by atoms with Crippen molar-refractivity contribution in [2.45, 2.75) is 19.3 Å². The zero-order valence-electron chi connectivity index (χ0n) is 13.1. The fourth-order valence-corrected chi connectivity index (χ4v) is 2.88. The number of amides is 1. The van der Waals surface area contributed by atoms with Crippen molar-refractivity contribution in [1.29, 1.82) is 0 Å². The van der Waals surface area contributed by atoms with E-state index in [4.69, 9.17) is 0 Å². The summed E-state index contributed by atoms with van der Waals surface area (Å²) in [5.74, 6) is 1.26. The summed E-state index contributed by atoms with van der Waals surface area (Å²) in [5, 5.41) is 3.04. The molecule has 6 heteroatoms. The molecule has 1 amide bonds. The van der Waals surface area contributed by atoms with Crippen molar-refractivity contribution in [3.05, 3.63) is 48.5 Å². The van der Waals surface area contributed by atoms with Gasteiger partial charge >= 0.3 is 0 Å². The lowest BCUT2D eigenvalue weighted by molar-refractivity contribution is -0.120. The van der Waals surface area contributed by atoms with E-state index in [1.807, 2.05) is 18.2 Å². The van der Waals surface area contributed by atoms with Gasteiger partial charge in [-0.25, -0.2) is 9.97 Å². The van der Waals surface area contributed by atoms with Crippen molar-refractivity contribution in [2.24, 2.45) is 5.92 Å². The molecule has 0 aromatic carbocycles. The quantitative estimate of drug-likeness (QED) is 0.905. The second-order valence-corrected chi connectivity index (χ2v) is 5.85. The van der Waals surface area contributed by atoms with Gasteiger partial charge in [0.05, 0.1) is 6.42 Å². The molecular weight excluding hydrogens is 290 g/mol. The van der Waals surface area contributed by atoms with Crippen LogP contribution in [0, 0.1) is 5.92 Å². The summed E-state index contributed by atoms with van der Waals surface area (Å²) in [7, 11) is 0. The number of rotatable bonds is 5. The van der Waals surface area contributed by atoms with Crippen LogP contribution >= 0.6 is 0 Å². The lowest BCUT2D eigenvalue weighted by Gasteiger charge is -2.32. The number of piperidine rings is 1. The second kappa shape index (κ2) is 7.67. The number of carbonyl (C=O) groups is 1. The summed E-state index contributed by atoms with van der Waals surface area (Å²) in [6, 6.07) is 5.59. The molecule has 0 spiro atoms. The van der Waals surface area contributed by atoms with E-state index in [1.54, 1.807) is 24.8 Å². The molecule has 0 unspecified atom stereocenters. The molecule has 0 bridgehead atoms. The van der Waals surface area contributed by atoms with Gasteiger partial charge in [-0.1, -0.05) is 6.07 Å². The number of nitrogens with zero attached hydrogens (tertiary/aromatic N) is 4. The summed E-state index contributed by atoms with van der Waals surface area (Å²) in [5.41, 5.74) is 0.938. The molecule has 0 aliphatic carbocycles. The van der Waals surface area contributed by atoms with E-state index in [0.717, 1.165) is 37.4 Å². The highest BCUT2D eigenvalue weighted by molar-refractivity contribution is 5.78. The van der Waals surface area contributed by atoms with Crippen molar-refractivity contribution in [3.63, 3.8) is 0 Å². The monoisotopic (exact) mass is 311 g/mol. The Balaban J connectivity index is 1.47. The average molecular weight is 311 g/mol. The number of aromatic nitrogens is 3. The second-order valence-electron chi connectivity index (χ2n) is 5.85. The predicted molar refractivity (Wildman–Crippen MR) is 87.9 cm³/mol. The van der Waals surface area contributed by atoms with Crippen LogP contribution in [0.15, 0.2) is 43.0 Å². The van der Waals surface area contributed by atoms with Crippen molar-refractivity contribution < 1.29 is 4.79 Å². The van der Waals surface area contributed by atoms with Crippen LogP contribution in [0.2, 0.25) is 0 Å². The van der Waals surface area contributed by atoms with Crippen LogP contribution < -0.4 is 10.2 Å². The number of hydrogen-bond acceptors (Lipinski definition) is 5. The first-order valence-corrected chi connectivity index (χ1v) is 7.99. The maximum Gasteiger partial charge on any atom is 0.225 e. The van der Waals surface area contributed by atoms with Gasteiger partial charge in [0, 0.05) is 44.4 Å². The fourth-order valence-electron chi connectivity index (χ4n) is 2.88. The number of hydrogen-bond donors (Lipinski definition) is 1. The molecule has 1 fully saturated rings. The summed E-state index contributed by atoms with van der Waals surface area (Å²) in [6.07, 6.45) is 9.57. The molecule has 0 saturated carbocycles. The van der Waals surface area contributed by atoms with Gasteiger partial charge in [0.25, 0.3) is 0 Å². The van der Waals surface area contributed by atoms with Gasteiger partial charge < -0.3 is 10.2 Å². The first-order valence-electron chi connectivity index (χ1n) is 7.99. The average Bonchev–Trinajstić information content (AvgIpc) is 2.62. The fraction of sp³-hybridized carbons (Fsp3) is 0.412. The first-order chi connectivity index (χ1) is 11.3. The Bertz CT molecular complexity index is 619. The molecule has 1 atom stereocenters. The Morgan fingerprint density at radius 3 is 2.91 bits per heavy atom. The van der Waals surface area contributed by atoms with Crippen LogP contribution in [0.4, 0.5) is 5.95 Å². The van der Waals surface area contributed by atoms with Crippen LogP contribution in [-0.4, -0.2) is 40.5 Å². The smallest absolute Gasteiger partial charge is 0.225 e. The van der Waals surface area contributed by atoms with Crippen LogP contribution in [0.1, 0.15) is 18.4 Å². The Morgan fingerprint density at radius 2 is 2.13 bits per heavy atom. The Hall–Kier alpha value is -2.50. The van der Waals surface area contributed by atoms with Gasteiger partial charge in [0.15, 0.2) is 0 Å². The Labute approximate surface area is 136 Å². The predicted octanol–water partition coefficient (Wildman–Crippen LogP) is 1.45. The van der Waals surface area contributed by atoms with Gasteiger partial charge in [-0.2, -0.15) is 0 Å². The van der Waals surface area contributed by atoms with Crippen LogP contribution in [0.5, 0.6) is 0 Å². The van der Waals surface area contributed by atoms with Gasteiger partial charge in [0.1, 0.15) is 0 Å². The normalized spacial score (nSPS) is 17.7. The lowest BCUT2D eigenvalue weighted by atomic mass is 9.98. The van der Waals surface area contributed by atoms with Gasteiger partial charge in [-0.15, -0.1) is 0 Å². The van der Waals surface area contributed by atoms with E-state index in [1.165, 1.54) is 0 Å². The summed E-state index contributed by atoms with van der Waals surface area (Å²) >= 11 is 0. The molecular formula is C17H21N5O. The Morgan fingerprint density at radius 1 is 1.26 bits per heavy atom. The highest BCUT2D eigenvalue weighted by Crippen LogP contribution is 2.19. The minimum atomic E-state index is 0.0473.